The molecular formula is C21H15F3HfN5O2S-. The smallest absolute Gasteiger partial charge is 0.394 e. The van der Waals surface area contributed by atoms with E-state index in [4.69, 9.17) is 17.5 Å². The summed E-state index contributed by atoms with van der Waals surface area (Å²) in [6.45, 7) is 0. The minimum Gasteiger partial charge on any atom is -0.394 e. The fraction of sp³-hybridized carbons (Fsp3) is 0.286. The van der Waals surface area contributed by atoms with Crippen LogP contribution in [0.3, 0.4) is 0 Å². The number of carbonyl (C=O) groups excluding carboxylic acids is 2. The summed E-state index contributed by atoms with van der Waals surface area (Å²) >= 11 is 5.52. The Kier molecular flexibility index (Phi) is 6.77. The van der Waals surface area contributed by atoms with Gasteiger partial charge in [0.2, 0.25) is 0 Å². The molecule has 12 heteroatoms. The molecule has 33 heavy (non-hydrogen) atoms. The zero-order valence-corrected chi connectivity index (χ0v) is 21.6. The number of carbonyl (C=O) groups is 2. The van der Waals surface area contributed by atoms with Crippen molar-refractivity contribution in [3.63, 3.8) is 0 Å². The van der Waals surface area contributed by atoms with Gasteiger partial charge in [0, 0.05) is 25.8 Å². The predicted molar refractivity (Wildman–Crippen MR) is 112 cm³/mol. The van der Waals surface area contributed by atoms with Crippen LogP contribution < -0.4 is 15.1 Å². The first-order valence-electron chi connectivity index (χ1n) is 9.54. The molecule has 2 heterocycles. The Morgan fingerprint density at radius 2 is 2.03 bits per heavy atom. The average molecular weight is 637 g/mol. The Morgan fingerprint density at radius 3 is 2.52 bits per heavy atom. The summed E-state index contributed by atoms with van der Waals surface area (Å²) in [5.74, 6) is -0.788. The van der Waals surface area contributed by atoms with E-state index in [9.17, 15) is 22.8 Å². The van der Waals surface area contributed by atoms with Crippen molar-refractivity contribution in [2.24, 2.45) is 0 Å². The summed E-state index contributed by atoms with van der Waals surface area (Å²) in [7, 11) is 1.49. The zero-order chi connectivity index (χ0) is 23.3. The molecular weight excluding hydrogens is 622 g/mol. The second-order valence-electron chi connectivity index (χ2n) is 7.38. The molecule has 7 nitrogen and oxygen atoms in total. The molecule has 1 aliphatic heterocycles. The van der Waals surface area contributed by atoms with E-state index < -0.39 is 28.9 Å². The maximum atomic E-state index is 13.4. The number of alkyl halides is 3. The molecule has 0 atom stereocenters. The van der Waals surface area contributed by atoms with E-state index in [1.54, 1.807) is 11.0 Å². The van der Waals surface area contributed by atoms with E-state index in [-0.39, 0.29) is 42.6 Å². The van der Waals surface area contributed by atoms with Gasteiger partial charge in [0.25, 0.3) is 5.91 Å². The van der Waals surface area contributed by atoms with Gasteiger partial charge in [-0.1, -0.05) is 5.56 Å². The Hall–Kier alpha value is -2.65. The zero-order valence-electron chi connectivity index (χ0n) is 17.2. The van der Waals surface area contributed by atoms with E-state index in [1.165, 1.54) is 25.2 Å². The first kappa shape index (κ1) is 25.0. The molecule has 1 saturated heterocycles. The first-order chi connectivity index (χ1) is 15.1. The third kappa shape index (κ3) is 3.97. The molecule has 4 rings (SSSR count). The predicted octanol–water partition coefficient (Wildman–Crippen LogP) is 3.19. The average Bonchev–Trinajstić information content (AvgIpc) is 2.99. The van der Waals surface area contributed by atoms with Crippen LogP contribution in [0.5, 0.6) is 0 Å². The van der Waals surface area contributed by atoms with Gasteiger partial charge in [0.05, 0.1) is 17.4 Å². The van der Waals surface area contributed by atoms with Gasteiger partial charge < -0.3 is 15.0 Å². The van der Waals surface area contributed by atoms with Crippen molar-refractivity contribution in [3.8, 4) is 6.07 Å². The summed E-state index contributed by atoms with van der Waals surface area (Å²) in [5, 5.41) is 11.5. The Bertz CT molecular complexity index is 1180. The summed E-state index contributed by atoms with van der Waals surface area (Å²) in [5.41, 5.74) is -2.42. The Morgan fingerprint density at radius 1 is 1.33 bits per heavy atom. The van der Waals surface area contributed by atoms with Gasteiger partial charge in [0.1, 0.15) is 11.6 Å². The van der Waals surface area contributed by atoms with E-state index >= 15 is 0 Å². The van der Waals surface area contributed by atoms with Crippen LogP contribution in [0.2, 0.25) is 0 Å². The summed E-state index contributed by atoms with van der Waals surface area (Å²) in [6.07, 6.45) is -2.10. The number of nitrogens with zero attached hydrogens (tertiary/aromatic N) is 4. The van der Waals surface area contributed by atoms with Crippen molar-refractivity contribution in [2.75, 3.05) is 16.8 Å². The summed E-state index contributed by atoms with van der Waals surface area (Å²) in [4.78, 5) is 31.4. The molecule has 2 aliphatic rings. The monoisotopic (exact) mass is 638 g/mol. The number of nitriles is 1. The normalized spacial score (nSPS) is 16.8. The molecule has 1 aliphatic carbocycles. The van der Waals surface area contributed by atoms with Crippen molar-refractivity contribution >= 4 is 40.5 Å². The SMILES string of the molecule is CNC(=O)c1[c-]cc(N2C(=S)N(c3cnc(C#N)c(C(F)(F)F)c3)C(=O)C23CCC3)cc1.[Hf]. The van der Waals surface area contributed by atoms with Crippen molar-refractivity contribution in [1.82, 2.24) is 10.3 Å². The number of nitrogens with one attached hydrogen (secondary N) is 1. The fourth-order valence-electron chi connectivity index (χ4n) is 3.92. The molecule has 0 radical (unpaired) electrons. The van der Waals surface area contributed by atoms with Gasteiger partial charge in [-0.15, -0.1) is 24.3 Å². The van der Waals surface area contributed by atoms with Crippen LogP contribution in [-0.4, -0.2) is 34.5 Å². The van der Waals surface area contributed by atoms with Crippen LogP contribution in [0.15, 0.2) is 30.5 Å². The fourth-order valence-corrected chi connectivity index (χ4v) is 4.39. The van der Waals surface area contributed by atoms with Crippen LogP contribution in [0.4, 0.5) is 24.5 Å². The quantitative estimate of drug-likeness (QED) is 0.317. The standard InChI is InChI=1S/C21H15F3N5O2S.Hf/c1-26-17(30)12-3-5-13(6-4-12)29-19(32)28(18(31)20(29)7-2-8-20)14-9-15(21(22,23)24)16(10-25)27-11-14;/h3,5-6,9,11H,2,7-8H2,1H3,(H,26,30);/q-1;. The van der Waals surface area contributed by atoms with Crippen LogP contribution in [-0.2, 0) is 36.8 Å². The number of hydrogen-bond acceptors (Lipinski definition) is 5. The number of thiocarbonyl (C=S) groups is 1. The third-order valence-corrected chi connectivity index (χ3v) is 6.03. The molecule has 1 spiro atoms. The molecule has 1 N–H and O–H groups in total. The van der Waals surface area contributed by atoms with Gasteiger partial charge in [-0.25, -0.2) is 4.98 Å². The van der Waals surface area contributed by atoms with Crippen molar-refractivity contribution in [2.45, 2.75) is 31.0 Å². The Balaban J connectivity index is 0.00000306. The largest absolute Gasteiger partial charge is 0.419 e. The van der Waals surface area contributed by atoms with Gasteiger partial charge >= 0.3 is 6.18 Å². The van der Waals surface area contributed by atoms with Crippen molar-refractivity contribution in [1.29, 1.82) is 5.26 Å². The maximum absolute atomic E-state index is 13.4. The van der Waals surface area contributed by atoms with Crippen LogP contribution in [0.25, 0.3) is 0 Å². The molecule has 1 saturated carbocycles. The molecule has 0 unspecified atom stereocenters. The maximum Gasteiger partial charge on any atom is 0.419 e. The number of hydrogen-bond donors (Lipinski definition) is 1. The van der Waals surface area contributed by atoms with Gasteiger partial charge in [-0.05, 0) is 50.3 Å². The number of rotatable bonds is 3. The summed E-state index contributed by atoms with van der Waals surface area (Å²) in [6, 6.07) is 9.64. The Labute approximate surface area is 211 Å². The molecule has 1 aromatic heterocycles. The number of aromatic nitrogens is 1. The van der Waals surface area contributed by atoms with Crippen LogP contribution in [0.1, 0.15) is 40.9 Å². The number of anilines is 2. The molecule has 168 valence electrons. The number of pyridine rings is 1. The number of amides is 2. The number of halogens is 3. The van der Waals surface area contributed by atoms with Crippen molar-refractivity contribution < 1.29 is 48.6 Å². The van der Waals surface area contributed by atoms with Crippen molar-refractivity contribution in [3.05, 3.63) is 53.3 Å². The van der Waals surface area contributed by atoms with E-state index in [0.717, 1.165) is 17.5 Å². The van der Waals surface area contributed by atoms with Crippen LogP contribution >= 0.6 is 12.2 Å². The molecule has 2 aromatic rings. The molecule has 0 bridgehead atoms. The van der Waals surface area contributed by atoms with Crippen LogP contribution in [0, 0.1) is 17.4 Å². The second-order valence-corrected chi connectivity index (χ2v) is 7.75. The van der Waals surface area contributed by atoms with Gasteiger partial charge in [0.15, 0.2) is 16.7 Å². The van der Waals surface area contributed by atoms with Gasteiger partial charge in [-0.3, -0.25) is 9.69 Å². The van der Waals surface area contributed by atoms with E-state index in [2.05, 4.69) is 16.4 Å². The minimum absolute atomic E-state index is 0. The number of benzene rings is 1. The van der Waals surface area contributed by atoms with E-state index in [0.29, 0.717) is 30.2 Å². The van der Waals surface area contributed by atoms with E-state index in [1.807, 2.05) is 0 Å². The molecule has 2 amide bonds. The first-order valence-corrected chi connectivity index (χ1v) is 9.95. The minimum atomic E-state index is -4.82. The van der Waals surface area contributed by atoms with Gasteiger partial charge in [-0.2, -0.15) is 18.4 Å². The second kappa shape index (κ2) is 8.95. The third-order valence-electron chi connectivity index (χ3n) is 5.66. The topological polar surface area (TPSA) is 89.3 Å². The molecule has 1 aromatic carbocycles. The molecule has 2 fully saturated rings. The summed E-state index contributed by atoms with van der Waals surface area (Å²) < 4.78 is 40.3.